The molecular formula is C21H41N. The second kappa shape index (κ2) is 15.3. The summed E-state index contributed by atoms with van der Waals surface area (Å²) >= 11 is 0. The molecule has 0 aromatic heterocycles. The average Bonchev–Trinajstić information content (AvgIpc) is 2.50. The van der Waals surface area contributed by atoms with Crippen molar-refractivity contribution in [1.29, 1.82) is 0 Å². The monoisotopic (exact) mass is 307 g/mol. The van der Waals surface area contributed by atoms with Crippen LogP contribution in [0.3, 0.4) is 0 Å². The van der Waals surface area contributed by atoms with Gasteiger partial charge in [-0.15, -0.1) is 0 Å². The molecule has 1 nitrogen and oxygen atoms in total. The molecule has 1 unspecified atom stereocenters. The molecule has 0 saturated carbocycles. The summed E-state index contributed by atoms with van der Waals surface area (Å²) < 4.78 is 0. The van der Waals surface area contributed by atoms with Gasteiger partial charge in [0.1, 0.15) is 0 Å². The fourth-order valence-electron chi connectivity index (χ4n) is 2.61. The molecule has 0 amide bonds. The van der Waals surface area contributed by atoms with Crippen molar-refractivity contribution < 1.29 is 0 Å². The smallest absolute Gasteiger partial charge is 0.0389 e. The zero-order chi connectivity index (χ0) is 16.6. The van der Waals surface area contributed by atoms with Gasteiger partial charge >= 0.3 is 0 Å². The summed E-state index contributed by atoms with van der Waals surface area (Å²) in [7, 11) is 0. The minimum atomic E-state index is 0.815. The zero-order valence-corrected chi connectivity index (χ0v) is 16.0. The Kier molecular flexibility index (Phi) is 14.9. The summed E-state index contributed by atoms with van der Waals surface area (Å²) in [6, 6.07) is 0. The van der Waals surface area contributed by atoms with Crippen LogP contribution in [0.5, 0.6) is 0 Å². The van der Waals surface area contributed by atoms with Crippen molar-refractivity contribution in [2.45, 2.75) is 98.8 Å². The fraction of sp³-hybridized carbons (Fsp3) is 0.857. The van der Waals surface area contributed by atoms with E-state index in [1.165, 1.54) is 69.8 Å². The molecule has 130 valence electrons. The van der Waals surface area contributed by atoms with Crippen LogP contribution in [0.15, 0.2) is 16.6 Å². The Balaban J connectivity index is 3.52. The number of rotatable bonds is 14. The van der Waals surface area contributed by atoms with Gasteiger partial charge in [-0.2, -0.15) is 0 Å². The molecule has 22 heavy (non-hydrogen) atoms. The quantitative estimate of drug-likeness (QED) is 0.237. The highest BCUT2D eigenvalue weighted by Gasteiger charge is 1.98. The number of allylic oxidation sites excluding steroid dienone is 2. The Bertz CT molecular complexity index is 288. The third-order valence-corrected chi connectivity index (χ3v) is 4.56. The highest BCUT2D eigenvalue weighted by molar-refractivity contribution is 5.78. The highest BCUT2D eigenvalue weighted by atomic mass is 14.7. The van der Waals surface area contributed by atoms with Crippen molar-refractivity contribution in [2.75, 3.05) is 6.54 Å². The number of hydrogen-bond donors (Lipinski definition) is 0. The summed E-state index contributed by atoms with van der Waals surface area (Å²) in [5.74, 6) is 1.73. The van der Waals surface area contributed by atoms with Crippen LogP contribution in [-0.4, -0.2) is 12.8 Å². The normalized spacial score (nSPS) is 14.2. The molecule has 0 aliphatic rings. The lowest BCUT2D eigenvalue weighted by Crippen LogP contribution is -1.92. The van der Waals surface area contributed by atoms with E-state index in [9.17, 15) is 0 Å². The molecule has 0 aromatic rings. The lowest BCUT2D eigenvalue weighted by Gasteiger charge is -2.07. The molecule has 0 saturated heterocycles. The Labute approximate surface area is 140 Å². The number of aliphatic imine (C=N–C) groups is 1. The van der Waals surface area contributed by atoms with Gasteiger partial charge in [-0.1, -0.05) is 78.7 Å². The van der Waals surface area contributed by atoms with Crippen molar-refractivity contribution in [3.8, 4) is 0 Å². The second-order valence-electron chi connectivity index (χ2n) is 7.25. The maximum absolute atomic E-state index is 4.61. The van der Waals surface area contributed by atoms with E-state index in [-0.39, 0.29) is 0 Å². The van der Waals surface area contributed by atoms with E-state index in [4.69, 9.17) is 0 Å². The molecule has 0 aromatic carbocycles. The molecule has 0 radical (unpaired) electrons. The standard InChI is InChI=1S/C21H41N/c1-6-20(5)15-11-9-8-10-12-17-22-18-21(7-2)16-13-14-19(3)4/h7,18-20H,6,8-17H2,1-5H3. The summed E-state index contributed by atoms with van der Waals surface area (Å²) in [5.41, 5.74) is 1.41. The number of unbranched alkanes of at least 4 members (excludes halogenated alkanes) is 4. The van der Waals surface area contributed by atoms with Crippen molar-refractivity contribution in [3.63, 3.8) is 0 Å². The van der Waals surface area contributed by atoms with Gasteiger partial charge in [0.05, 0.1) is 0 Å². The molecule has 0 aliphatic heterocycles. The topological polar surface area (TPSA) is 12.4 Å². The lowest BCUT2D eigenvalue weighted by molar-refractivity contribution is 0.473. The molecule has 0 heterocycles. The predicted octanol–water partition coefficient (Wildman–Crippen LogP) is 7.22. The van der Waals surface area contributed by atoms with Crippen molar-refractivity contribution >= 4 is 6.21 Å². The van der Waals surface area contributed by atoms with Gasteiger partial charge in [0.25, 0.3) is 0 Å². The fourth-order valence-corrected chi connectivity index (χ4v) is 2.61. The Hall–Kier alpha value is -0.590. The first-order valence-electron chi connectivity index (χ1n) is 9.75. The Morgan fingerprint density at radius 1 is 0.909 bits per heavy atom. The van der Waals surface area contributed by atoms with Gasteiger partial charge in [0.2, 0.25) is 0 Å². The van der Waals surface area contributed by atoms with Crippen LogP contribution in [0.25, 0.3) is 0 Å². The zero-order valence-electron chi connectivity index (χ0n) is 16.0. The third kappa shape index (κ3) is 14.4. The van der Waals surface area contributed by atoms with E-state index in [0.717, 1.165) is 18.4 Å². The van der Waals surface area contributed by atoms with E-state index >= 15 is 0 Å². The Morgan fingerprint density at radius 3 is 2.23 bits per heavy atom. The molecule has 0 spiro atoms. The van der Waals surface area contributed by atoms with E-state index in [1.54, 1.807) is 0 Å². The lowest BCUT2D eigenvalue weighted by atomic mass is 10.00. The number of nitrogens with zero attached hydrogens (tertiary/aromatic N) is 1. The van der Waals surface area contributed by atoms with Gasteiger partial charge in [-0.3, -0.25) is 4.99 Å². The maximum Gasteiger partial charge on any atom is 0.0389 e. The van der Waals surface area contributed by atoms with Gasteiger partial charge in [-0.05, 0) is 43.6 Å². The third-order valence-electron chi connectivity index (χ3n) is 4.56. The highest BCUT2D eigenvalue weighted by Crippen LogP contribution is 2.14. The van der Waals surface area contributed by atoms with Crippen molar-refractivity contribution in [1.82, 2.24) is 0 Å². The first kappa shape index (κ1) is 21.4. The van der Waals surface area contributed by atoms with E-state index in [0.29, 0.717) is 0 Å². The van der Waals surface area contributed by atoms with Crippen molar-refractivity contribution in [3.05, 3.63) is 11.6 Å². The molecule has 1 atom stereocenters. The first-order valence-corrected chi connectivity index (χ1v) is 9.75. The predicted molar refractivity (Wildman–Crippen MR) is 103 cm³/mol. The van der Waals surface area contributed by atoms with Crippen LogP contribution >= 0.6 is 0 Å². The van der Waals surface area contributed by atoms with Crippen LogP contribution in [-0.2, 0) is 0 Å². The minimum absolute atomic E-state index is 0.815. The summed E-state index contributed by atoms with van der Waals surface area (Å²) in [5, 5.41) is 0. The van der Waals surface area contributed by atoms with E-state index < -0.39 is 0 Å². The Morgan fingerprint density at radius 2 is 1.59 bits per heavy atom. The molecule has 0 rings (SSSR count). The van der Waals surface area contributed by atoms with Gasteiger partial charge in [0.15, 0.2) is 0 Å². The minimum Gasteiger partial charge on any atom is -0.293 e. The largest absolute Gasteiger partial charge is 0.293 e. The molecular weight excluding hydrogens is 266 g/mol. The molecule has 1 heteroatoms. The van der Waals surface area contributed by atoms with Gasteiger partial charge in [0, 0.05) is 12.8 Å². The van der Waals surface area contributed by atoms with Crippen LogP contribution in [0.2, 0.25) is 0 Å². The molecule has 0 aliphatic carbocycles. The summed E-state index contributed by atoms with van der Waals surface area (Å²) in [6.45, 7) is 12.4. The molecule has 0 N–H and O–H groups in total. The average molecular weight is 308 g/mol. The maximum atomic E-state index is 4.61. The van der Waals surface area contributed by atoms with Gasteiger partial charge in [-0.25, -0.2) is 0 Å². The van der Waals surface area contributed by atoms with Gasteiger partial charge < -0.3 is 0 Å². The van der Waals surface area contributed by atoms with Crippen LogP contribution in [0.4, 0.5) is 0 Å². The second-order valence-corrected chi connectivity index (χ2v) is 7.25. The van der Waals surface area contributed by atoms with Crippen LogP contribution in [0, 0.1) is 11.8 Å². The first-order chi connectivity index (χ1) is 10.6. The van der Waals surface area contributed by atoms with E-state index in [2.05, 4.69) is 51.9 Å². The molecule has 0 bridgehead atoms. The molecule has 0 fully saturated rings. The summed E-state index contributed by atoms with van der Waals surface area (Å²) in [4.78, 5) is 4.61. The van der Waals surface area contributed by atoms with Crippen LogP contribution in [0.1, 0.15) is 98.8 Å². The van der Waals surface area contributed by atoms with Crippen molar-refractivity contribution in [2.24, 2.45) is 16.8 Å². The summed E-state index contributed by atoms with van der Waals surface area (Å²) in [6.07, 6.45) is 17.7. The van der Waals surface area contributed by atoms with E-state index in [1.807, 2.05) is 0 Å². The SMILES string of the molecule is CC=C(C=NCCCCCCCC(C)CC)CCCC(C)C. The van der Waals surface area contributed by atoms with Crippen LogP contribution < -0.4 is 0 Å². The number of hydrogen-bond acceptors (Lipinski definition) is 1.